The lowest BCUT2D eigenvalue weighted by Gasteiger charge is -2.28. The second-order valence-corrected chi connectivity index (χ2v) is 30.3. The second kappa shape index (κ2) is 14.8. The van der Waals surface area contributed by atoms with Gasteiger partial charge in [-0.15, -0.1) is 0 Å². The van der Waals surface area contributed by atoms with E-state index < -0.39 is 16.1 Å². The Kier molecular flexibility index (Phi) is 9.04. The third kappa shape index (κ3) is 6.36. The molecule has 3 heterocycles. The molecule has 0 bridgehead atoms. The molecule has 7 heteroatoms. The molecule has 12 rings (SSSR count). The summed E-state index contributed by atoms with van der Waals surface area (Å²) >= 11 is 1.74. The summed E-state index contributed by atoms with van der Waals surface area (Å²) in [5.74, 6) is 0. The Morgan fingerprint density at radius 2 is 0.708 bits per heavy atom. The Morgan fingerprint density at radius 3 is 1.09 bits per heavy atom. The van der Waals surface area contributed by atoms with Gasteiger partial charge in [-0.3, -0.25) is 0 Å². The molecule has 0 amide bonds. The zero-order valence-electron chi connectivity index (χ0n) is 37.4. The molecule has 4 nitrogen and oxygen atoms in total. The topological polar surface area (TPSA) is 32.8 Å². The summed E-state index contributed by atoms with van der Waals surface area (Å²) in [6.45, 7) is 14.4. The van der Waals surface area contributed by atoms with E-state index in [-0.39, 0.29) is 0 Å². The fourth-order valence-corrected chi connectivity index (χ4v) is 13.2. The van der Waals surface area contributed by atoms with Crippen LogP contribution in [0.4, 0.5) is 34.1 Å². The maximum Gasteiger partial charge on any atom is 0.146 e. The standard InChI is InChI=1S/C58H48N2O2SSi2/c1-64(2,3)41-29-25-39(26-30-41)59(37-17-9-7-10-18-37)49-33-45-47-35-63-36-48(47)46-34-50(60(38-19-11-8-12-20-38)40-27-31-42(32-28-40)65(4,5)6)54-44-22-14-16-24-52(44)62-58(54)56(46)55(45)57-53(49)43-21-13-15-23-51(43)61-57/h7-36H,1-6H3. The highest BCUT2D eigenvalue weighted by Gasteiger charge is 2.29. The molecule has 0 radical (unpaired) electrons. The first-order valence-electron chi connectivity index (χ1n) is 22.5. The predicted octanol–water partition coefficient (Wildman–Crippen LogP) is 17.0. The van der Waals surface area contributed by atoms with E-state index in [4.69, 9.17) is 8.83 Å². The smallest absolute Gasteiger partial charge is 0.146 e. The number of anilines is 6. The summed E-state index contributed by atoms with van der Waals surface area (Å²) in [4.78, 5) is 4.84. The lowest BCUT2D eigenvalue weighted by atomic mass is 9.91. The molecule has 3 aromatic heterocycles. The molecule has 0 aliphatic rings. The lowest BCUT2D eigenvalue weighted by molar-refractivity contribution is 0.670. The Bertz CT molecular complexity index is 3540. The van der Waals surface area contributed by atoms with Crippen LogP contribution in [0.1, 0.15) is 0 Å². The molecule has 65 heavy (non-hydrogen) atoms. The fourth-order valence-electron chi connectivity index (χ4n) is 9.98. The van der Waals surface area contributed by atoms with Crippen LogP contribution in [-0.2, 0) is 0 Å². The first-order chi connectivity index (χ1) is 31.5. The molecule has 0 atom stereocenters. The van der Waals surface area contributed by atoms with Crippen molar-refractivity contribution in [3.8, 4) is 0 Å². The number of benzene rings is 9. The molecule has 0 spiro atoms. The molecule has 0 fully saturated rings. The lowest BCUT2D eigenvalue weighted by Crippen LogP contribution is -2.37. The van der Waals surface area contributed by atoms with E-state index in [0.717, 1.165) is 99.5 Å². The number of rotatable bonds is 8. The minimum Gasteiger partial charge on any atom is -0.455 e. The molecule has 0 saturated carbocycles. The SMILES string of the molecule is C[Si](C)(C)c1ccc(N(c2ccccc2)c2cc3c4cscc4c4cc(N(c5ccccc5)c5ccc([Si](C)(C)C)cc5)c5c6ccccc6oc5c4c3c3oc4ccccc4c23)cc1. The summed E-state index contributed by atoms with van der Waals surface area (Å²) in [7, 11) is -3.08. The van der Waals surface area contributed by atoms with Crippen LogP contribution < -0.4 is 20.2 Å². The summed E-state index contributed by atoms with van der Waals surface area (Å²) in [6, 6.07) is 62.0. The molecule has 0 N–H and O–H groups in total. The Hall–Kier alpha value is -6.91. The van der Waals surface area contributed by atoms with Crippen molar-refractivity contribution in [1.82, 2.24) is 0 Å². The maximum atomic E-state index is 7.24. The molecular formula is C58H48N2O2SSi2. The van der Waals surface area contributed by atoms with Gasteiger partial charge in [-0.05, 0) is 94.3 Å². The van der Waals surface area contributed by atoms with Crippen LogP contribution in [-0.4, -0.2) is 16.1 Å². The van der Waals surface area contributed by atoms with Crippen molar-refractivity contribution >= 4 is 148 Å². The third-order valence-electron chi connectivity index (χ3n) is 13.2. The van der Waals surface area contributed by atoms with Crippen molar-refractivity contribution in [2.24, 2.45) is 0 Å². The average molecular weight is 893 g/mol. The Labute approximate surface area is 384 Å². The first-order valence-corrected chi connectivity index (χ1v) is 30.4. The molecule has 0 aliphatic heterocycles. The molecule has 316 valence electrons. The number of nitrogens with zero attached hydrogens (tertiary/aromatic N) is 2. The van der Waals surface area contributed by atoms with Gasteiger partial charge >= 0.3 is 0 Å². The van der Waals surface area contributed by atoms with Crippen molar-refractivity contribution < 1.29 is 8.83 Å². The number of hydrogen-bond acceptors (Lipinski definition) is 5. The summed E-state index contributed by atoms with van der Waals surface area (Å²) in [5.41, 5.74) is 9.95. The van der Waals surface area contributed by atoms with Crippen LogP contribution in [0.5, 0.6) is 0 Å². The van der Waals surface area contributed by atoms with E-state index in [1.807, 2.05) is 0 Å². The van der Waals surface area contributed by atoms with Crippen LogP contribution in [0, 0.1) is 0 Å². The largest absolute Gasteiger partial charge is 0.455 e. The summed E-state index contributed by atoms with van der Waals surface area (Å²) < 4.78 is 14.5. The van der Waals surface area contributed by atoms with E-state index in [0.29, 0.717) is 0 Å². The van der Waals surface area contributed by atoms with E-state index in [9.17, 15) is 0 Å². The number of thiophene rings is 1. The number of fused-ring (bicyclic) bond motifs is 14. The second-order valence-electron chi connectivity index (χ2n) is 19.4. The number of furan rings is 2. The van der Waals surface area contributed by atoms with E-state index in [1.54, 1.807) is 11.3 Å². The average Bonchev–Trinajstić information content (AvgIpc) is 4.07. The molecule has 12 aromatic rings. The van der Waals surface area contributed by atoms with Gasteiger partial charge in [0.25, 0.3) is 0 Å². The minimum absolute atomic E-state index is 0.853. The highest BCUT2D eigenvalue weighted by atomic mass is 32.1. The van der Waals surface area contributed by atoms with Crippen molar-refractivity contribution in [3.05, 3.63) is 181 Å². The van der Waals surface area contributed by atoms with Crippen LogP contribution >= 0.6 is 11.3 Å². The van der Waals surface area contributed by atoms with Gasteiger partial charge in [0.1, 0.15) is 22.3 Å². The van der Waals surface area contributed by atoms with Gasteiger partial charge in [0.05, 0.1) is 38.3 Å². The van der Waals surface area contributed by atoms with E-state index >= 15 is 0 Å². The zero-order valence-corrected chi connectivity index (χ0v) is 40.3. The van der Waals surface area contributed by atoms with Gasteiger partial charge in [0, 0.05) is 55.1 Å². The zero-order chi connectivity index (χ0) is 44.2. The van der Waals surface area contributed by atoms with E-state index in [1.165, 1.54) is 21.1 Å². The Morgan fingerprint density at radius 1 is 0.354 bits per heavy atom. The van der Waals surface area contributed by atoms with Crippen molar-refractivity contribution in [2.75, 3.05) is 9.80 Å². The monoisotopic (exact) mass is 892 g/mol. The minimum atomic E-state index is -1.54. The fraction of sp³-hybridized carbons (Fsp3) is 0.103. The molecule has 0 unspecified atom stereocenters. The number of hydrogen-bond donors (Lipinski definition) is 0. The van der Waals surface area contributed by atoms with Crippen LogP contribution in [0.15, 0.2) is 189 Å². The first kappa shape index (κ1) is 39.7. The maximum absolute atomic E-state index is 7.24. The van der Waals surface area contributed by atoms with Crippen molar-refractivity contribution in [1.29, 1.82) is 0 Å². The van der Waals surface area contributed by atoms with Crippen molar-refractivity contribution in [3.63, 3.8) is 0 Å². The van der Waals surface area contributed by atoms with Gasteiger partial charge in [0.15, 0.2) is 0 Å². The van der Waals surface area contributed by atoms with Gasteiger partial charge in [0.2, 0.25) is 0 Å². The van der Waals surface area contributed by atoms with Crippen molar-refractivity contribution in [2.45, 2.75) is 39.3 Å². The van der Waals surface area contributed by atoms with Crippen LogP contribution in [0.25, 0.3) is 76.2 Å². The van der Waals surface area contributed by atoms with Crippen LogP contribution in [0.2, 0.25) is 39.3 Å². The molecule has 0 saturated heterocycles. The van der Waals surface area contributed by atoms with Gasteiger partial charge in [-0.1, -0.05) is 147 Å². The Balaban J connectivity index is 1.24. The third-order valence-corrected chi connectivity index (χ3v) is 18.1. The van der Waals surface area contributed by atoms with Crippen LogP contribution in [0.3, 0.4) is 0 Å². The van der Waals surface area contributed by atoms with Gasteiger partial charge < -0.3 is 18.6 Å². The highest BCUT2D eigenvalue weighted by Crippen LogP contribution is 2.54. The summed E-state index contributed by atoms with van der Waals surface area (Å²) in [5, 5.41) is 18.6. The highest BCUT2D eigenvalue weighted by molar-refractivity contribution is 7.09. The molecule has 0 aliphatic carbocycles. The predicted molar refractivity (Wildman–Crippen MR) is 287 cm³/mol. The number of para-hydroxylation sites is 4. The van der Waals surface area contributed by atoms with Gasteiger partial charge in [-0.25, -0.2) is 0 Å². The molecule has 9 aromatic carbocycles. The van der Waals surface area contributed by atoms with E-state index in [2.05, 4.69) is 230 Å². The summed E-state index contributed by atoms with van der Waals surface area (Å²) in [6.07, 6.45) is 0. The quantitative estimate of drug-likeness (QED) is 0.112. The van der Waals surface area contributed by atoms with Gasteiger partial charge in [-0.2, -0.15) is 11.3 Å². The molecular weight excluding hydrogens is 845 g/mol. The normalized spacial score (nSPS) is 12.5.